The third-order valence-electron chi connectivity index (χ3n) is 1.97. The van der Waals surface area contributed by atoms with E-state index in [-0.39, 0.29) is 5.69 Å². The maximum Gasteiger partial charge on any atom is 0.328 e. The normalized spacial score (nSPS) is 10.9. The van der Waals surface area contributed by atoms with Gasteiger partial charge in [0.25, 0.3) is 5.56 Å². The van der Waals surface area contributed by atoms with Crippen LogP contribution < -0.4 is 11.2 Å². The van der Waals surface area contributed by atoms with Crippen LogP contribution >= 0.6 is 11.6 Å². The molecule has 2 rings (SSSR count). The minimum Gasteiger partial charge on any atom is -0.493 e. The van der Waals surface area contributed by atoms with E-state index in [1.807, 2.05) is 9.97 Å². The lowest BCUT2D eigenvalue weighted by atomic mass is 10.3. The van der Waals surface area contributed by atoms with Crippen LogP contribution in [0.1, 0.15) is 0 Å². The Morgan fingerprint density at radius 3 is 2.61 bits per heavy atom. The largest absolute Gasteiger partial charge is 0.493 e. The van der Waals surface area contributed by atoms with E-state index >= 15 is 0 Å². The van der Waals surface area contributed by atoms with Crippen LogP contribution in [0.4, 0.5) is 11.4 Å². The predicted molar refractivity (Wildman–Crippen MR) is 65.0 cm³/mol. The van der Waals surface area contributed by atoms with Crippen LogP contribution in [-0.4, -0.2) is 15.1 Å². The number of rotatable bonds is 2. The van der Waals surface area contributed by atoms with Gasteiger partial charge in [0.15, 0.2) is 0 Å². The summed E-state index contributed by atoms with van der Waals surface area (Å²) in [5, 5.41) is 17.1. The smallest absolute Gasteiger partial charge is 0.328 e. The summed E-state index contributed by atoms with van der Waals surface area (Å²) in [6, 6.07) is 6.47. The summed E-state index contributed by atoms with van der Waals surface area (Å²) < 4.78 is 0. The summed E-state index contributed by atoms with van der Waals surface area (Å²) in [6.07, 6.45) is 0. The molecule has 0 aliphatic rings. The first-order valence-electron chi connectivity index (χ1n) is 4.79. The molecular formula is C10H7ClN4O3. The van der Waals surface area contributed by atoms with Crippen LogP contribution in [0.5, 0.6) is 5.88 Å². The molecule has 1 aromatic carbocycles. The van der Waals surface area contributed by atoms with Crippen LogP contribution in [-0.2, 0) is 0 Å². The van der Waals surface area contributed by atoms with Gasteiger partial charge in [-0.1, -0.05) is 17.7 Å². The Labute approximate surface area is 105 Å². The molecule has 0 radical (unpaired) electrons. The maximum atomic E-state index is 11.3. The van der Waals surface area contributed by atoms with E-state index in [1.165, 1.54) is 6.07 Å². The molecule has 8 heteroatoms. The van der Waals surface area contributed by atoms with Crippen molar-refractivity contribution in [1.82, 2.24) is 9.97 Å². The molecule has 0 saturated heterocycles. The summed E-state index contributed by atoms with van der Waals surface area (Å²) in [6.45, 7) is 0. The zero-order valence-corrected chi connectivity index (χ0v) is 9.60. The van der Waals surface area contributed by atoms with Gasteiger partial charge in [0.2, 0.25) is 11.6 Å². The Balaban J connectivity index is 2.41. The zero-order chi connectivity index (χ0) is 13.1. The van der Waals surface area contributed by atoms with Gasteiger partial charge in [0.05, 0.1) is 5.69 Å². The molecule has 0 aliphatic carbocycles. The minimum absolute atomic E-state index is 0.380. The van der Waals surface area contributed by atoms with E-state index in [4.69, 9.17) is 11.6 Å². The first kappa shape index (κ1) is 12.1. The van der Waals surface area contributed by atoms with Gasteiger partial charge in [-0.25, -0.2) is 4.79 Å². The third-order valence-corrected chi connectivity index (χ3v) is 2.21. The lowest BCUT2D eigenvalue weighted by Crippen LogP contribution is -2.20. The molecule has 0 bridgehead atoms. The Bertz CT molecular complexity index is 720. The van der Waals surface area contributed by atoms with E-state index in [9.17, 15) is 14.7 Å². The van der Waals surface area contributed by atoms with Crippen molar-refractivity contribution < 1.29 is 5.11 Å². The van der Waals surface area contributed by atoms with Gasteiger partial charge in [-0.15, -0.1) is 5.11 Å². The van der Waals surface area contributed by atoms with Crippen molar-refractivity contribution in [3.63, 3.8) is 0 Å². The average Bonchev–Trinajstić information content (AvgIpc) is 2.27. The molecule has 18 heavy (non-hydrogen) atoms. The zero-order valence-electron chi connectivity index (χ0n) is 8.85. The number of aromatic nitrogens is 2. The van der Waals surface area contributed by atoms with Gasteiger partial charge in [0, 0.05) is 5.02 Å². The van der Waals surface area contributed by atoms with E-state index in [2.05, 4.69) is 10.2 Å². The van der Waals surface area contributed by atoms with Crippen molar-refractivity contribution in [3.05, 3.63) is 50.1 Å². The van der Waals surface area contributed by atoms with Crippen molar-refractivity contribution in [2.75, 3.05) is 0 Å². The lowest BCUT2D eigenvalue weighted by Gasteiger charge is -1.95. The monoisotopic (exact) mass is 266 g/mol. The summed E-state index contributed by atoms with van der Waals surface area (Å²) in [4.78, 5) is 26.1. The van der Waals surface area contributed by atoms with Crippen LogP contribution in [0.3, 0.4) is 0 Å². The van der Waals surface area contributed by atoms with Gasteiger partial charge in [-0.05, 0) is 18.2 Å². The van der Waals surface area contributed by atoms with Crippen LogP contribution in [0.2, 0.25) is 5.02 Å². The summed E-state index contributed by atoms with van der Waals surface area (Å²) in [5.74, 6) is -0.644. The molecule has 7 nitrogen and oxygen atoms in total. The van der Waals surface area contributed by atoms with Crippen LogP contribution in [0.15, 0.2) is 44.1 Å². The number of H-pyrrole nitrogens is 2. The number of azo groups is 1. The first-order valence-corrected chi connectivity index (χ1v) is 5.17. The Morgan fingerprint density at radius 1 is 1.17 bits per heavy atom. The first-order chi connectivity index (χ1) is 8.56. The molecule has 2 aromatic rings. The Hall–Kier alpha value is -2.41. The molecule has 0 fully saturated rings. The third kappa shape index (κ3) is 2.64. The van der Waals surface area contributed by atoms with E-state index in [0.717, 1.165) is 0 Å². The highest BCUT2D eigenvalue weighted by Gasteiger charge is 2.06. The fourth-order valence-corrected chi connectivity index (χ4v) is 1.39. The highest BCUT2D eigenvalue weighted by Crippen LogP contribution is 2.22. The average molecular weight is 267 g/mol. The van der Waals surface area contributed by atoms with E-state index in [1.54, 1.807) is 18.2 Å². The molecule has 0 spiro atoms. The standard InChI is InChI=1S/C10H7ClN4O3/c11-5-2-1-3-6(4-5)14-15-7-8(16)12-10(18)13-9(7)17/h1-4H,(H3,12,13,16,17,18). The lowest BCUT2D eigenvalue weighted by molar-refractivity contribution is 0.450. The molecule has 0 aliphatic heterocycles. The summed E-state index contributed by atoms with van der Waals surface area (Å²) >= 11 is 5.74. The fraction of sp³-hybridized carbons (Fsp3) is 0. The van der Waals surface area contributed by atoms with Gasteiger partial charge >= 0.3 is 5.69 Å². The molecule has 0 atom stereocenters. The Kier molecular flexibility index (Phi) is 3.24. The fourth-order valence-electron chi connectivity index (χ4n) is 1.21. The van der Waals surface area contributed by atoms with Crippen LogP contribution in [0, 0.1) is 0 Å². The quantitative estimate of drug-likeness (QED) is 0.721. The molecule has 3 N–H and O–H groups in total. The maximum absolute atomic E-state index is 11.3. The number of benzene rings is 1. The summed E-state index contributed by atoms with van der Waals surface area (Å²) in [5.41, 5.74) is -1.62. The number of aromatic hydroxyl groups is 1. The number of nitrogens with zero attached hydrogens (tertiary/aromatic N) is 2. The van der Waals surface area contributed by atoms with Gasteiger partial charge in [-0.2, -0.15) is 5.11 Å². The minimum atomic E-state index is -0.831. The topological polar surface area (TPSA) is 111 Å². The van der Waals surface area contributed by atoms with Crippen molar-refractivity contribution in [2.24, 2.45) is 10.2 Å². The molecule has 92 valence electrons. The number of halogens is 1. The molecule has 0 saturated carbocycles. The molecule has 0 amide bonds. The molecule has 1 heterocycles. The van der Waals surface area contributed by atoms with Crippen molar-refractivity contribution >= 4 is 23.0 Å². The van der Waals surface area contributed by atoms with Crippen molar-refractivity contribution in [2.45, 2.75) is 0 Å². The van der Waals surface area contributed by atoms with Crippen molar-refractivity contribution in [3.8, 4) is 5.88 Å². The number of hydrogen-bond donors (Lipinski definition) is 3. The highest BCUT2D eigenvalue weighted by molar-refractivity contribution is 6.30. The van der Waals surface area contributed by atoms with Gasteiger partial charge in [-0.3, -0.25) is 14.8 Å². The number of aromatic amines is 2. The van der Waals surface area contributed by atoms with E-state index < -0.39 is 17.1 Å². The van der Waals surface area contributed by atoms with Gasteiger partial charge < -0.3 is 5.11 Å². The molecule has 1 aromatic heterocycles. The van der Waals surface area contributed by atoms with E-state index in [0.29, 0.717) is 10.7 Å². The summed E-state index contributed by atoms with van der Waals surface area (Å²) in [7, 11) is 0. The number of hydrogen-bond acceptors (Lipinski definition) is 5. The second kappa shape index (κ2) is 4.84. The second-order valence-corrected chi connectivity index (χ2v) is 3.72. The Morgan fingerprint density at radius 2 is 1.94 bits per heavy atom. The molecule has 0 unspecified atom stereocenters. The predicted octanol–water partition coefficient (Wildman–Crippen LogP) is 1.84. The molecular weight excluding hydrogens is 260 g/mol. The number of nitrogens with one attached hydrogen (secondary N) is 2. The SMILES string of the molecule is O=c1[nH]c(O)c(N=Nc2cccc(Cl)c2)c(=O)[nH]1. The highest BCUT2D eigenvalue weighted by atomic mass is 35.5. The van der Waals surface area contributed by atoms with Crippen LogP contribution in [0.25, 0.3) is 0 Å². The van der Waals surface area contributed by atoms with Crippen molar-refractivity contribution in [1.29, 1.82) is 0 Å². The second-order valence-electron chi connectivity index (χ2n) is 3.29. The van der Waals surface area contributed by atoms with Gasteiger partial charge in [0.1, 0.15) is 0 Å².